The Morgan fingerprint density at radius 2 is 2.30 bits per heavy atom. The molecule has 3 rings (SSSR count). The molecule has 2 amide bonds. The first-order chi connectivity index (χ1) is 9.74. The van der Waals surface area contributed by atoms with Crippen LogP contribution in [0.2, 0.25) is 0 Å². The highest BCUT2D eigenvalue weighted by Gasteiger charge is 2.29. The van der Waals surface area contributed by atoms with Gasteiger partial charge in [0.25, 0.3) is 5.91 Å². The lowest BCUT2D eigenvalue weighted by atomic mass is 9.94. The van der Waals surface area contributed by atoms with E-state index in [9.17, 15) is 9.59 Å². The van der Waals surface area contributed by atoms with Gasteiger partial charge >= 0.3 is 0 Å². The standard InChI is InChI=1S/C13H17N5O2/c19-12-4-3-11(16-17-12)13(20)18-7-1-2-9(8-18)10-5-6-14-15-10/h5-6,9H,1-4,7-8H2,(H,14,15)(H,17,19). The van der Waals surface area contributed by atoms with Crippen LogP contribution in [0.4, 0.5) is 0 Å². The Balaban J connectivity index is 1.67. The second-order valence-electron chi connectivity index (χ2n) is 5.20. The van der Waals surface area contributed by atoms with E-state index in [1.165, 1.54) is 0 Å². The number of likely N-dealkylation sites (tertiary alicyclic amines) is 1. The van der Waals surface area contributed by atoms with Crippen LogP contribution in [-0.4, -0.2) is 45.7 Å². The van der Waals surface area contributed by atoms with E-state index in [-0.39, 0.29) is 11.8 Å². The van der Waals surface area contributed by atoms with Crippen LogP contribution >= 0.6 is 0 Å². The smallest absolute Gasteiger partial charge is 0.270 e. The van der Waals surface area contributed by atoms with Crippen molar-refractivity contribution in [1.82, 2.24) is 20.5 Å². The third-order valence-corrected chi connectivity index (χ3v) is 3.82. The zero-order valence-electron chi connectivity index (χ0n) is 11.1. The number of H-pyrrole nitrogens is 1. The summed E-state index contributed by atoms with van der Waals surface area (Å²) in [5.74, 6) is 0.110. The van der Waals surface area contributed by atoms with E-state index in [0.717, 1.165) is 25.1 Å². The van der Waals surface area contributed by atoms with E-state index < -0.39 is 0 Å². The fourth-order valence-electron chi connectivity index (χ4n) is 2.72. The van der Waals surface area contributed by atoms with Gasteiger partial charge in [-0.2, -0.15) is 10.2 Å². The normalized spacial score (nSPS) is 23.2. The van der Waals surface area contributed by atoms with E-state index in [2.05, 4.69) is 20.7 Å². The molecule has 0 aromatic carbocycles. The van der Waals surface area contributed by atoms with Crippen LogP contribution in [0.1, 0.15) is 37.3 Å². The maximum absolute atomic E-state index is 12.4. The van der Waals surface area contributed by atoms with Crippen molar-refractivity contribution in [2.75, 3.05) is 13.1 Å². The molecular formula is C13H17N5O2. The molecule has 1 saturated heterocycles. The number of nitrogens with one attached hydrogen (secondary N) is 2. The monoisotopic (exact) mass is 275 g/mol. The summed E-state index contributed by atoms with van der Waals surface area (Å²) >= 11 is 0. The average molecular weight is 275 g/mol. The first-order valence-electron chi connectivity index (χ1n) is 6.88. The van der Waals surface area contributed by atoms with Crippen molar-refractivity contribution in [2.45, 2.75) is 31.6 Å². The number of rotatable bonds is 2. The molecule has 20 heavy (non-hydrogen) atoms. The number of aromatic amines is 1. The van der Waals surface area contributed by atoms with E-state index in [1.807, 2.05) is 11.0 Å². The predicted molar refractivity (Wildman–Crippen MR) is 72.0 cm³/mol. The third kappa shape index (κ3) is 2.56. The Bertz CT molecular complexity index is 537. The van der Waals surface area contributed by atoms with Gasteiger partial charge in [0.15, 0.2) is 0 Å². The number of aromatic nitrogens is 2. The van der Waals surface area contributed by atoms with Crippen LogP contribution in [-0.2, 0) is 9.59 Å². The lowest BCUT2D eigenvalue weighted by molar-refractivity contribution is -0.125. The number of nitrogens with zero attached hydrogens (tertiary/aromatic N) is 3. The summed E-state index contributed by atoms with van der Waals surface area (Å²) in [4.78, 5) is 25.3. The SMILES string of the molecule is O=C1CCC(C(=O)N2CCCC(c3ccn[nH]3)C2)=NN1. The topological polar surface area (TPSA) is 90.5 Å². The maximum atomic E-state index is 12.4. The second kappa shape index (κ2) is 5.44. The minimum absolute atomic E-state index is 0.0609. The summed E-state index contributed by atoms with van der Waals surface area (Å²) < 4.78 is 0. The highest BCUT2D eigenvalue weighted by Crippen LogP contribution is 2.25. The van der Waals surface area contributed by atoms with Crippen molar-refractivity contribution in [3.05, 3.63) is 18.0 Å². The van der Waals surface area contributed by atoms with Gasteiger partial charge in [0.05, 0.1) is 0 Å². The highest BCUT2D eigenvalue weighted by molar-refractivity contribution is 6.39. The number of hydrazone groups is 1. The summed E-state index contributed by atoms with van der Waals surface area (Å²) in [7, 11) is 0. The van der Waals surface area contributed by atoms with E-state index >= 15 is 0 Å². The van der Waals surface area contributed by atoms with E-state index in [1.54, 1.807) is 6.20 Å². The number of hydrogen-bond donors (Lipinski definition) is 2. The number of hydrogen-bond acceptors (Lipinski definition) is 4. The first kappa shape index (κ1) is 12.8. The third-order valence-electron chi connectivity index (χ3n) is 3.82. The van der Waals surface area contributed by atoms with Crippen LogP contribution in [0.25, 0.3) is 0 Å². The van der Waals surface area contributed by atoms with Gasteiger partial charge in [-0.1, -0.05) is 0 Å². The summed E-state index contributed by atoms with van der Waals surface area (Å²) in [6.45, 7) is 1.42. The molecule has 1 unspecified atom stereocenters. The van der Waals surface area contributed by atoms with E-state index in [0.29, 0.717) is 31.0 Å². The maximum Gasteiger partial charge on any atom is 0.270 e. The van der Waals surface area contributed by atoms with Crippen molar-refractivity contribution in [1.29, 1.82) is 0 Å². The Morgan fingerprint density at radius 1 is 1.40 bits per heavy atom. The van der Waals surface area contributed by atoms with Crippen molar-refractivity contribution >= 4 is 17.5 Å². The number of carbonyl (C=O) groups is 2. The van der Waals surface area contributed by atoms with Crippen molar-refractivity contribution in [2.24, 2.45) is 5.10 Å². The molecule has 7 heteroatoms. The van der Waals surface area contributed by atoms with Gasteiger partial charge < -0.3 is 4.90 Å². The van der Waals surface area contributed by atoms with Crippen LogP contribution in [0, 0.1) is 0 Å². The minimum Gasteiger partial charge on any atom is -0.337 e. The molecule has 1 atom stereocenters. The van der Waals surface area contributed by atoms with Crippen LogP contribution < -0.4 is 5.43 Å². The second-order valence-corrected chi connectivity index (χ2v) is 5.20. The number of carbonyl (C=O) groups excluding carboxylic acids is 2. The fourth-order valence-corrected chi connectivity index (χ4v) is 2.72. The van der Waals surface area contributed by atoms with Crippen molar-refractivity contribution in [3.8, 4) is 0 Å². The molecule has 0 saturated carbocycles. The van der Waals surface area contributed by atoms with Gasteiger partial charge in [-0.15, -0.1) is 0 Å². The zero-order chi connectivity index (χ0) is 13.9. The molecular weight excluding hydrogens is 258 g/mol. The predicted octanol–water partition coefficient (Wildman–Crippen LogP) is 0.382. The summed E-state index contributed by atoms with van der Waals surface area (Å²) in [5, 5.41) is 10.8. The summed E-state index contributed by atoms with van der Waals surface area (Å²) in [5.41, 5.74) is 3.90. The molecule has 0 aliphatic carbocycles. The highest BCUT2D eigenvalue weighted by atomic mass is 16.2. The molecule has 2 N–H and O–H groups in total. The molecule has 106 valence electrons. The van der Waals surface area contributed by atoms with Gasteiger partial charge in [0.1, 0.15) is 5.71 Å². The minimum atomic E-state index is -0.129. The van der Waals surface area contributed by atoms with Gasteiger partial charge in [0.2, 0.25) is 5.91 Å². The van der Waals surface area contributed by atoms with Crippen molar-refractivity contribution in [3.63, 3.8) is 0 Å². The van der Waals surface area contributed by atoms with Gasteiger partial charge in [-0.05, 0) is 18.9 Å². The van der Waals surface area contributed by atoms with Crippen LogP contribution in [0.5, 0.6) is 0 Å². The molecule has 0 bridgehead atoms. The van der Waals surface area contributed by atoms with Crippen molar-refractivity contribution < 1.29 is 9.59 Å². The molecule has 0 spiro atoms. The Labute approximate surface area is 116 Å². The molecule has 0 radical (unpaired) electrons. The zero-order valence-corrected chi connectivity index (χ0v) is 11.1. The molecule has 1 aromatic heterocycles. The van der Waals surface area contributed by atoms with Crippen LogP contribution in [0.15, 0.2) is 17.4 Å². The number of amides is 2. The summed E-state index contributed by atoms with van der Waals surface area (Å²) in [6, 6.07) is 1.96. The van der Waals surface area contributed by atoms with Gasteiger partial charge in [0, 0.05) is 43.7 Å². The molecule has 2 aliphatic heterocycles. The average Bonchev–Trinajstić information content (AvgIpc) is 3.02. The lowest BCUT2D eigenvalue weighted by Gasteiger charge is -2.32. The fraction of sp³-hybridized carbons (Fsp3) is 0.538. The largest absolute Gasteiger partial charge is 0.337 e. The molecule has 1 aromatic rings. The van der Waals surface area contributed by atoms with Gasteiger partial charge in [-0.25, -0.2) is 5.43 Å². The molecule has 1 fully saturated rings. The molecule has 7 nitrogen and oxygen atoms in total. The quantitative estimate of drug-likeness (QED) is 0.817. The van der Waals surface area contributed by atoms with E-state index in [4.69, 9.17) is 0 Å². The molecule has 3 heterocycles. The molecule has 2 aliphatic rings. The van der Waals surface area contributed by atoms with Crippen LogP contribution in [0.3, 0.4) is 0 Å². The Hall–Kier alpha value is -2.18. The number of piperidine rings is 1. The first-order valence-corrected chi connectivity index (χ1v) is 6.88. The summed E-state index contributed by atoms with van der Waals surface area (Å²) in [6.07, 6.45) is 4.51. The lowest BCUT2D eigenvalue weighted by Crippen LogP contribution is -2.44. The Kier molecular flexibility index (Phi) is 3.49. The Morgan fingerprint density at radius 3 is 3.00 bits per heavy atom. The van der Waals surface area contributed by atoms with Gasteiger partial charge in [-0.3, -0.25) is 14.7 Å².